The highest BCUT2D eigenvalue weighted by atomic mass is 19.4. The van der Waals surface area contributed by atoms with Crippen LogP contribution in [0.3, 0.4) is 0 Å². The molecule has 2 aromatic rings. The predicted octanol–water partition coefficient (Wildman–Crippen LogP) is 4.27. The molecule has 9 nitrogen and oxygen atoms in total. The first-order valence-electron chi connectivity index (χ1n) is 12.5. The maximum absolute atomic E-state index is 13.7. The standard InChI is InChI=1S/C25H26F6N8O/c1-32-21-16(24(26,27)28)4-5-19(36-21)35-20-15-6-9-38(22-17(25(29,30)31)3-2-8-33-22)10-7-18(15)34-23(37-20)39-11-13-40-14-12-39/h2-6,8,20H,7,9-14H2,1H3,(H2,32,35,36). The van der Waals surface area contributed by atoms with Gasteiger partial charge < -0.3 is 25.2 Å². The van der Waals surface area contributed by atoms with Crippen molar-refractivity contribution in [3.63, 3.8) is 0 Å². The zero-order chi connectivity index (χ0) is 28.5. The molecular formula is C25H26F6N8O. The molecule has 3 aliphatic rings. The minimum Gasteiger partial charge on any atom is -0.378 e. The Bertz CT molecular complexity index is 1330. The molecule has 3 aliphatic heterocycles. The zero-order valence-corrected chi connectivity index (χ0v) is 21.4. The number of halogens is 6. The molecule has 0 saturated carbocycles. The highest BCUT2D eigenvalue weighted by molar-refractivity contribution is 6.10. The SMILES string of the molecule is CNc1nc(NC2N=C(N3CCOCC3)N=C3CCN(c4ncccc4C(F)(F)F)CC=C32)ccc1C(F)(F)F. The van der Waals surface area contributed by atoms with Gasteiger partial charge in [-0.15, -0.1) is 0 Å². The van der Waals surface area contributed by atoms with Crippen LogP contribution in [0, 0.1) is 0 Å². The van der Waals surface area contributed by atoms with E-state index in [2.05, 4.69) is 20.6 Å². The van der Waals surface area contributed by atoms with Gasteiger partial charge in [0.1, 0.15) is 17.5 Å². The number of ether oxygens (including phenoxy) is 1. The molecule has 0 aliphatic carbocycles. The second-order valence-electron chi connectivity index (χ2n) is 9.20. The number of pyridine rings is 2. The second kappa shape index (κ2) is 10.9. The Morgan fingerprint density at radius 2 is 1.70 bits per heavy atom. The van der Waals surface area contributed by atoms with Gasteiger partial charge in [0.15, 0.2) is 6.17 Å². The average molecular weight is 569 g/mol. The van der Waals surface area contributed by atoms with Crippen molar-refractivity contribution in [2.24, 2.45) is 9.98 Å². The zero-order valence-electron chi connectivity index (χ0n) is 21.4. The number of aromatic nitrogens is 2. The molecule has 1 unspecified atom stereocenters. The fourth-order valence-electron chi connectivity index (χ4n) is 4.71. The normalized spacial score (nSPS) is 20.2. The van der Waals surface area contributed by atoms with Crippen LogP contribution in [0.25, 0.3) is 0 Å². The van der Waals surface area contributed by atoms with Gasteiger partial charge in [0.2, 0.25) is 5.96 Å². The molecule has 0 radical (unpaired) electrons. The lowest BCUT2D eigenvalue weighted by Crippen LogP contribution is -2.43. The van der Waals surface area contributed by atoms with Crippen LogP contribution in [0.5, 0.6) is 0 Å². The predicted molar refractivity (Wildman–Crippen MR) is 138 cm³/mol. The molecule has 5 heterocycles. The summed E-state index contributed by atoms with van der Waals surface area (Å²) < 4.78 is 86.7. The summed E-state index contributed by atoms with van der Waals surface area (Å²) in [7, 11) is 1.34. The van der Waals surface area contributed by atoms with Crippen molar-refractivity contribution in [2.45, 2.75) is 24.9 Å². The van der Waals surface area contributed by atoms with Gasteiger partial charge in [-0.2, -0.15) is 26.3 Å². The summed E-state index contributed by atoms with van der Waals surface area (Å²) in [6, 6.07) is 4.37. The number of nitrogens with one attached hydrogen (secondary N) is 2. The molecular weight excluding hydrogens is 542 g/mol. The van der Waals surface area contributed by atoms with E-state index in [-0.39, 0.29) is 30.5 Å². The Hall–Kier alpha value is -3.88. The fourth-order valence-corrected chi connectivity index (χ4v) is 4.71. The number of hydrogen-bond donors (Lipinski definition) is 2. The molecule has 1 fully saturated rings. The Labute approximate surface area is 225 Å². The third-order valence-corrected chi connectivity index (χ3v) is 6.67. The van der Waals surface area contributed by atoms with Crippen LogP contribution in [0.4, 0.5) is 43.8 Å². The average Bonchev–Trinajstić information content (AvgIpc) is 3.15. The first-order chi connectivity index (χ1) is 19.0. The quantitative estimate of drug-likeness (QED) is 0.533. The van der Waals surface area contributed by atoms with Crippen molar-refractivity contribution in [3.05, 3.63) is 53.2 Å². The summed E-state index contributed by atoms with van der Waals surface area (Å²) in [5.41, 5.74) is -0.531. The molecule has 0 bridgehead atoms. The van der Waals surface area contributed by atoms with Crippen LogP contribution < -0.4 is 15.5 Å². The lowest BCUT2D eigenvalue weighted by atomic mass is 10.0. The van der Waals surface area contributed by atoms with E-state index in [9.17, 15) is 26.3 Å². The van der Waals surface area contributed by atoms with Gasteiger partial charge in [-0.05, 0) is 24.3 Å². The molecule has 0 amide bonds. The van der Waals surface area contributed by atoms with Gasteiger partial charge in [-0.1, -0.05) is 6.08 Å². The molecule has 40 heavy (non-hydrogen) atoms. The van der Waals surface area contributed by atoms with E-state index >= 15 is 0 Å². The Kier molecular flexibility index (Phi) is 7.57. The van der Waals surface area contributed by atoms with Gasteiger partial charge >= 0.3 is 12.4 Å². The molecule has 2 aromatic heterocycles. The van der Waals surface area contributed by atoms with E-state index in [0.29, 0.717) is 50.0 Å². The topological polar surface area (TPSA) is 90.3 Å². The van der Waals surface area contributed by atoms with Crippen molar-refractivity contribution in [2.75, 3.05) is 62.0 Å². The second-order valence-corrected chi connectivity index (χ2v) is 9.20. The summed E-state index contributed by atoms with van der Waals surface area (Å²) in [5.74, 6) is 0.0131. The summed E-state index contributed by atoms with van der Waals surface area (Å²) in [4.78, 5) is 21.0. The van der Waals surface area contributed by atoms with Crippen molar-refractivity contribution in [3.8, 4) is 0 Å². The highest BCUT2D eigenvalue weighted by Crippen LogP contribution is 2.37. The fraction of sp³-hybridized carbons (Fsp3) is 0.440. The molecule has 1 saturated heterocycles. The van der Waals surface area contributed by atoms with Crippen LogP contribution in [0.1, 0.15) is 17.5 Å². The van der Waals surface area contributed by atoms with Crippen LogP contribution in [-0.4, -0.2) is 79.1 Å². The van der Waals surface area contributed by atoms with Crippen LogP contribution >= 0.6 is 0 Å². The van der Waals surface area contributed by atoms with E-state index < -0.39 is 29.6 Å². The van der Waals surface area contributed by atoms with Gasteiger partial charge in [-0.25, -0.2) is 20.0 Å². The van der Waals surface area contributed by atoms with Crippen LogP contribution in [-0.2, 0) is 17.1 Å². The Balaban J connectivity index is 1.49. The first-order valence-corrected chi connectivity index (χ1v) is 12.5. The number of alkyl halides is 6. The number of hydrogen-bond acceptors (Lipinski definition) is 9. The van der Waals surface area contributed by atoms with Crippen molar-refractivity contribution in [1.82, 2.24) is 14.9 Å². The lowest BCUT2D eigenvalue weighted by molar-refractivity contribution is -0.138. The highest BCUT2D eigenvalue weighted by Gasteiger charge is 2.37. The number of morpholine rings is 1. The number of anilines is 3. The third-order valence-electron chi connectivity index (χ3n) is 6.67. The number of aliphatic imine (C=N–C) groups is 2. The molecule has 15 heteroatoms. The molecule has 0 spiro atoms. The number of guanidine groups is 1. The van der Waals surface area contributed by atoms with E-state index in [4.69, 9.17) is 14.7 Å². The molecule has 214 valence electrons. The Morgan fingerprint density at radius 1 is 0.950 bits per heavy atom. The largest absolute Gasteiger partial charge is 0.419 e. The minimum atomic E-state index is -4.59. The Morgan fingerprint density at radius 3 is 2.40 bits per heavy atom. The summed E-state index contributed by atoms with van der Waals surface area (Å²) in [6.07, 6.45) is -6.63. The third kappa shape index (κ3) is 5.83. The van der Waals surface area contributed by atoms with Crippen molar-refractivity contribution in [1.29, 1.82) is 0 Å². The van der Waals surface area contributed by atoms with E-state index in [0.717, 1.165) is 12.1 Å². The van der Waals surface area contributed by atoms with Gasteiger partial charge in [0.05, 0.1) is 30.1 Å². The van der Waals surface area contributed by atoms with Gasteiger partial charge in [-0.3, -0.25) is 0 Å². The summed E-state index contributed by atoms with van der Waals surface area (Å²) in [6.45, 7) is 2.34. The van der Waals surface area contributed by atoms with E-state index in [1.54, 1.807) is 6.08 Å². The number of rotatable bonds is 4. The monoisotopic (exact) mass is 568 g/mol. The molecule has 2 N–H and O–H groups in total. The maximum atomic E-state index is 13.7. The number of nitrogens with zero attached hydrogens (tertiary/aromatic N) is 6. The van der Waals surface area contributed by atoms with Gasteiger partial charge in [0.25, 0.3) is 0 Å². The van der Waals surface area contributed by atoms with E-state index in [1.165, 1.54) is 30.3 Å². The smallest absolute Gasteiger partial charge is 0.378 e. The van der Waals surface area contributed by atoms with Crippen molar-refractivity contribution < 1.29 is 31.1 Å². The molecule has 1 atom stereocenters. The van der Waals surface area contributed by atoms with Crippen molar-refractivity contribution >= 4 is 29.1 Å². The molecule has 5 rings (SSSR count). The lowest BCUT2D eigenvalue weighted by Gasteiger charge is -2.32. The van der Waals surface area contributed by atoms with Crippen LogP contribution in [0.2, 0.25) is 0 Å². The maximum Gasteiger partial charge on any atom is 0.419 e. The summed E-state index contributed by atoms with van der Waals surface area (Å²) >= 11 is 0. The molecule has 0 aromatic carbocycles. The first kappa shape index (κ1) is 27.7. The van der Waals surface area contributed by atoms with E-state index in [1.807, 2.05) is 4.90 Å². The minimum absolute atomic E-state index is 0.0945. The summed E-state index contributed by atoms with van der Waals surface area (Å²) in [5, 5.41) is 5.57. The number of fused-ring (bicyclic) bond motifs is 1. The van der Waals surface area contributed by atoms with Crippen LogP contribution in [0.15, 0.2) is 52.1 Å². The van der Waals surface area contributed by atoms with Gasteiger partial charge in [0, 0.05) is 51.4 Å².